The van der Waals surface area contributed by atoms with Gasteiger partial charge >= 0.3 is 0 Å². The Bertz CT molecular complexity index is 462. The van der Waals surface area contributed by atoms with E-state index in [0.717, 1.165) is 44.9 Å². The molecule has 1 aliphatic heterocycles. The fourth-order valence-electron chi connectivity index (χ4n) is 2.68. The number of piperazine rings is 1. The highest BCUT2D eigenvalue weighted by molar-refractivity contribution is 5.77. The summed E-state index contributed by atoms with van der Waals surface area (Å²) in [5.41, 5.74) is 0. The number of hydrogen-bond acceptors (Lipinski definition) is 5. The number of methoxy groups -OCH3 is 1. The second-order valence-corrected chi connectivity index (χ2v) is 5.98. The van der Waals surface area contributed by atoms with Gasteiger partial charge in [-0.1, -0.05) is 18.2 Å². The van der Waals surface area contributed by atoms with Gasteiger partial charge in [0.05, 0.1) is 6.54 Å². The molecule has 0 unspecified atom stereocenters. The third kappa shape index (κ3) is 7.29. The molecule has 1 aliphatic rings. The molecule has 24 heavy (non-hydrogen) atoms. The third-order valence-corrected chi connectivity index (χ3v) is 4.10. The lowest BCUT2D eigenvalue weighted by molar-refractivity contribution is -0.122. The zero-order valence-corrected chi connectivity index (χ0v) is 14.6. The summed E-state index contributed by atoms with van der Waals surface area (Å²) in [6.07, 6.45) is 0.859. The Morgan fingerprint density at radius 2 is 1.79 bits per heavy atom. The van der Waals surface area contributed by atoms with Crippen LogP contribution in [0, 0.1) is 0 Å². The van der Waals surface area contributed by atoms with Gasteiger partial charge in [0.2, 0.25) is 5.91 Å². The standard InChI is InChI=1S/C18H29N3O3/c1-23-14-5-8-19-18(22)16-21-11-9-20(10-12-21)13-15-24-17-6-3-2-4-7-17/h2-4,6-7H,5,8-16H2,1H3,(H,19,22). The summed E-state index contributed by atoms with van der Waals surface area (Å²) < 4.78 is 10.7. The SMILES string of the molecule is COCCCNC(=O)CN1CCN(CCOc2ccccc2)CC1. The molecule has 0 bridgehead atoms. The first-order valence-corrected chi connectivity index (χ1v) is 8.66. The summed E-state index contributed by atoms with van der Waals surface area (Å²) in [6, 6.07) is 9.90. The maximum absolute atomic E-state index is 11.9. The molecule has 1 saturated heterocycles. The molecule has 0 aromatic heterocycles. The maximum atomic E-state index is 11.9. The molecule has 6 heteroatoms. The lowest BCUT2D eigenvalue weighted by Gasteiger charge is -2.34. The second-order valence-electron chi connectivity index (χ2n) is 5.98. The molecular formula is C18H29N3O3. The van der Waals surface area contributed by atoms with E-state index in [2.05, 4.69) is 15.1 Å². The molecule has 6 nitrogen and oxygen atoms in total. The molecule has 0 spiro atoms. The lowest BCUT2D eigenvalue weighted by Crippen LogP contribution is -2.50. The van der Waals surface area contributed by atoms with Gasteiger partial charge in [0.1, 0.15) is 12.4 Å². The Balaban J connectivity index is 1.53. The predicted octanol–water partition coefficient (Wildman–Crippen LogP) is 0.836. The van der Waals surface area contributed by atoms with Crippen LogP contribution < -0.4 is 10.1 Å². The number of rotatable bonds is 10. The van der Waals surface area contributed by atoms with Gasteiger partial charge in [-0.15, -0.1) is 0 Å². The summed E-state index contributed by atoms with van der Waals surface area (Å²) in [7, 11) is 1.67. The van der Waals surface area contributed by atoms with Crippen molar-refractivity contribution < 1.29 is 14.3 Å². The third-order valence-electron chi connectivity index (χ3n) is 4.10. The molecule has 2 rings (SSSR count). The monoisotopic (exact) mass is 335 g/mol. The molecular weight excluding hydrogens is 306 g/mol. The topological polar surface area (TPSA) is 54.0 Å². The van der Waals surface area contributed by atoms with E-state index in [0.29, 0.717) is 26.3 Å². The summed E-state index contributed by atoms with van der Waals surface area (Å²) in [4.78, 5) is 16.5. The highest BCUT2D eigenvalue weighted by Gasteiger charge is 2.18. The van der Waals surface area contributed by atoms with Gasteiger partial charge in [-0.3, -0.25) is 14.6 Å². The van der Waals surface area contributed by atoms with Crippen molar-refractivity contribution in [1.29, 1.82) is 0 Å². The predicted molar refractivity (Wildman–Crippen MR) is 94.3 cm³/mol. The first-order valence-electron chi connectivity index (χ1n) is 8.66. The van der Waals surface area contributed by atoms with Gasteiger partial charge in [-0.2, -0.15) is 0 Å². The number of benzene rings is 1. The number of nitrogens with one attached hydrogen (secondary N) is 1. The van der Waals surface area contributed by atoms with Crippen LogP contribution in [0.4, 0.5) is 0 Å². The molecule has 134 valence electrons. The fraction of sp³-hybridized carbons (Fsp3) is 0.611. The maximum Gasteiger partial charge on any atom is 0.234 e. The van der Waals surface area contributed by atoms with Gasteiger partial charge < -0.3 is 14.8 Å². The first-order chi connectivity index (χ1) is 11.8. The molecule has 1 fully saturated rings. The van der Waals surface area contributed by atoms with Crippen LogP contribution in [0.5, 0.6) is 5.75 Å². The van der Waals surface area contributed by atoms with E-state index in [9.17, 15) is 4.79 Å². The van der Waals surface area contributed by atoms with E-state index in [1.165, 1.54) is 0 Å². The Hall–Kier alpha value is -1.63. The van der Waals surface area contributed by atoms with Crippen LogP contribution >= 0.6 is 0 Å². The van der Waals surface area contributed by atoms with Crippen LogP contribution in [0.15, 0.2) is 30.3 Å². The second kappa shape index (κ2) is 11.0. The minimum Gasteiger partial charge on any atom is -0.492 e. The van der Waals surface area contributed by atoms with Crippen LogP contribution in [0.1, 0.15) is 6.42 Å². The van der Waals surface area contributed by atoms with E-state index < -0.39 is 0 Å². The summed E-state index contributed by atoms with van der Waals surface area (Å²) in [5, 5.41) is 2.93. The average molecular weight is 335 g/mol. The van der Waals surface area contributed by atoms with Gasteiger partial charge in [-0.05, 0) is 18.6 Å². The van der Waals surface area contributed by atoms with Crippen LogP contribution in [-0.2, 0) is 9.53 Å². The number of amides is 1. The van der Waals surface area contributed by atoms with Gasteiger partial charge in [0.15, 0.2) is 0 Å². The van der Waals surface area contributed by atoms with Crippen molar-refractivity contribution >= 4 is 5.91 Å². The highest BCUT2D eigenvalue weighted by Crippen LogP contribution is 2.08. The van der Waals surface area contributed by atoms with Crippen LogP contribution in [0.25, 0.3) is 0 Å². The van der Waals surface area contributed by atoms with Crippen molar-refractivity contribution in [3.05, 3.63) is 30.3 Å². The summed E-state index contributed by atoms with van der Waals surface area (Å²) >= 11 is 0. The van der Waals surface area contributed by atoms with Crippen molar-refractivity contribution in [3.63, 3.8) is 0 Å². The van der Waals surface area contributed by atoms with Gasteiger partial charge in [0, 0.05) is 53.0 Å². The van der Waals surface area contributed by atoms with Crippen molar-refractivity contribution in [2.24, 2.45) is 0 Å². The first kappa shape index (κ1) is 18.7. The van der Waals surface area contributed by atoms with Gasteiger partial charge in [-0.25, -0.2) is 0 Å². The molecule has 1 heterocycles. The van der Waals surface area contributed by atoms with E-state index >= 15 is 0 Å². The number of carbonyl (C=O) groups excluding carboxylic acids is 1. The number of para-hydroxylation sites is 1. The van der Waals surface area contributed by atoms with E-state index in [1.54, 1.807) is 7.11 Å². The van der Waals surface area contributed by atoms with Crippen molar-refractivity contribution in [3.8, 4) is 5.75 Å². The summed E-state index contributed by atoms with van der Waals surface area (Å²) in [6.45, 7) is 7.29. The van der Waals surface area contributed by atoms with Gasteiger partial charge in [0.25, 0.3) is 0 Å². The quantitative estimate of drug-likeness (QED) is 0.642. The number of carbonyl (C=O) groups is 1. The van der Waals surface area contributed by atoms with E-state index in [4.69, 9.17) is 9.47 Å². The molecule has 0 radical (unpaired) electrons. The van der Waals surface area contributed by atoms with Crippen molar-refractivity contribution in [2.75, 3.05) is 66.1 Å². The normalized spacial score (nSPS) is 16.0. The number of hydrogen-bond donors (Lipinski definition) is 1. The van der Waals surface area contributed by atoms with E-state index in [1.807, 2.05) is 30.3 Å². The van der Waals surface area contributed by atoms with Crippen LogP contribution in [-0.4, -0.2) is 81.8 Å². The Labute approximate surface area is 144 Å². The molecule has 0 saturated carbocycles. The molecule has 1 amide bonds. The zero-order chi connectivity index (χ0) is 17.0. The largest absolute Gasteiger partial charge is 0.492 e. The molecule has 1 N–H and O–H groups in total. The molecule has 1 aromatic carbocycles. The molecule has 0 aliphatic carbocycles. The van der Waals surface area contributed by atoms with Crippen LogP contribution in [0.3, 0.4) is 0 Å². The fourth-order valence-corrected chi connectivity index (χ4v) is 2.68. The highest BCUT2D eigenvalue weighted by atomic mass is 16.5. The zero-order valence-electron chi connectivity index (χ0n) is 14.6. The minimum atomic E-state index is 0.104. The number of nitrogens with zero attached hydrogens (tertiary/aromatic N) is 2. The molecule has 0 atom stereocenters. The van der Waals surface area contributed by atoms with E-state index in [-0.39, 0.29) is 5.91 Å². The Morgan fingerprint density at radius 1 is 1.08 bits per heavy atom. The van der Waals surface area contributed by atoms with Crippen LogP contribution in [0.2, 0.25) is 0 Å². The Morgan fingerprint density at radius 3 is 2.50 bits per heavy atom. The average Bonchev–Trinajstić information content (AvgIpc) is 2.61. The van der Waals surface area contributed by atoms with Crippen molar-refractivity contribution in [2.45, 2.75) is 6.42 Å². The van der Waals surface area contributed by atoms with Crippen molar-refractivity contribution in [1.82, 2.24) is 15.1 Å². The smallest absolute Gasteiger partial charge is 0.234 e. The lowest BCUT2D eigenvalue weighted by atomic mass is 10.3. The number of ether oxygens (including phenoxy) is 2. The minimum absolute atomic E-state index is 0.104. The Kier molecular flexibility index (Phi) is 8.59. The summed E-state index contributed by atoms with van der Waals surface area (Å²) in [5.74, 6) is 1.02. The molecule has 1 aromatic rings.